The van der Waals surface area contributed by atoms with Crippen molar-refractivity contribution in [2.24, 2.45) is 0 Å². The lowest BCUT2D eigenvalue weighted by Gasteiger charge is -2.32. The van der Waals surface area contributed by atoms with E-state index in [1.165, 1.54) is 11.1 Å². The van der Waals surface area contributed by atoms with E-state index < -0.39 is 0 Å². The molecule has 0 aromatic heterocycles. The van der Waals surface area contributed by atoms with Crippen molar-refractivity contribution >= 4 is 0 Å². The summed E-state index contributed by atoms with van der Waals surface area (Å²) >= 11 is 0. The molecular formula is C18H26N2O3. The largest absolute Gasteiger partial charge is 0.493 e. The summed E-state index contributed by atoms with van der Waals surface area (Å²) in [6.07, 6.45) is 3.28. The third-order valence-electron chi connectivity index (χ3n) is 5.53. The normalized spacial score (nSPS) is 30.1. The second-order valence-electron chi connectivity index (χ2n) is 7.03. The third-order valence-corrected chi connectivity index (χ3v) is 5.53. The highest BCUT2D eigenvalue weighted by Crippen LogP contribution is 2.34. The van der Waals surface area contributed by atoms with Gasteiger partial charge in [-0.2, -0.15) is 0 Å². The van der Waals surface area contributed by atoms with Crippen molar-refractivity contribution in [3.05, 3.63) is 23.3 Å². The van der Waals surface area contributed by atoms with Crippen molar-refractivity contribution in [1.82, 2.24) is 10.2 Å². The summed E-state index contributed by atoms with van der Waals surface area (Å²) in [7, 11) is 3.40. The quantitative estimate of drug-likeness (QED) is 0.905. The van der Waals surface area contributed by atoms with E-state index in [4.69, 9.17) is 14.2 Å². The molecule has 0 aliphatic carbocycles. The lowest BCUT2D eigenvalue weighted by Crippen LogP contribution is -2.48. The highest BCUT2D eigenvalue weighted by atomic mass is 16.5. The van der Waals surface area contributed by atoms with Gasteiger partial charge in [0.15, 0.2) is 11.5 Å². The molecule has 0 saturated carbocycles. The van der Waals surface area contributed by atoms with Crippen LogP contribution in [-0.4, -0.2) is 63.5 Å². The van der Waals surface area contributed by atoms with Gasteiger partial charge >= 0.3 is 0 Å². The first kappa shape index (κ1) is 15.2. The van der Waals surface area contributed by atoms with Crippen LogP contribution in [0.25, 0.3) is 0 Å². The summed E-state index contributed by atoms with van der Waals surface area (Å²) in [6, 6.07) is 4.87. The number of rotatable bonds is 4. The average molecular weight is 318 g/mol. The van der Waals surface area contributed by atoms with Crippen molar-refractivity contribution in [3.63, 3.8) is 0 Å². The fraction of sp³-hybridized carbons (Fsp3) is 0.667. The smallest absolute Gasteiger partial charge is 0.161 e. The number of benzene rings is 1. The topological polar surface area (TPSA) is 43.0 Å². The van der Waals surface area contributed by atoms with Crippen LogP contribution >= 0.6 is 0 Å². The van der Waals surface area contributed by atoms with E-state index in [0.717, 1.165) is 63.5 Å². The van der Waals surface area contributed by atoms with E-state index >= 15 is 0 Å². The van der Waals surface area contributed by atoms with Gasteiger partial charge in [-0.15, -0.1) is 0 Å². The summed E-state index contributed by atoms with van der Waals surface area (Å²) in [5, 5.41) is 3.56. The maximum Gasteiger partial charge on any atom is 0.161 e. The van der Waals surface area contributed by atoms with E-state index in [2.05, 4.69) is 22.3 Å². The minimum absolute atomic E-state index is 0.0522. The summed E-state index contributed by atoms with van der Waals surface area (Å²) < 4.78 is 17.0. The van der Waals surface area contributed by atoms with Gasteiger partial charge in [0.25, 0.3) is 0 Å². The molecule has 5 nitrogen and oxygen atoms in total. The molecule has 2 bridgehead atoms. The minimum atomic E-state index is 0.0522. The van der Waals surface area contributed by atoms with Gasteiger partial charge in [0.1, 0.15) is 0 Å². The van der Waals surface area contributed by atoms with Crippen molar-refractivity contribution in [1.29, 1.82) is 0 Å². The number of hydrogen-bond donors (Lipinski definition) is 1. The van der Waals surface area contributed by atoms with Crippen LogP contribution in [0.15, 0.2) is 12.1 Å². The molecule has 3 aliphatic heterocycles. The Kier molecular flexibility index (Phi) is 3.95. The van der Waals surface area contributed by atoms with Gasteiger partial charge in [0.05, 0.1) is 26.4 Å². The third kappa shape index (κ3) is 2.82. The number of methoxy groups -OCH3 is 2. The Labute approximate surface area is 137 Å². The van der Waals surface area contributed by atoms with Crippen molar-refractivity contribution in [2.45, 2.75) is 30.9 Å². The first-order valence-electron chi connectivity index (χ1n) is 8.55. The number of morpholine rings is 1. The van der Waals surface area contributed by atoms with Crippen LogP contribution in [0.2, 0.25) is 0 Å². The molecule has 2 saturated heterocycles. The molecule has 126 valence electrons. The van der Waals surface area contributed by atoms with Gasteiger partial charge in [0.2, 0.25) is 0 Å². The summed E-state index contributed by atoms with van der Waals surface area (Å²) in [6.45, 7) is 5.08. The maximum absolute atomic E-state index is 6.09. The number of nitrogens with one attached hydrogen (secondary N) is 1. The van der Waals surface area contributed by atoms with Gasteiger partial charge in [-0.3, -0.25) is 4.90 Å². The highest BCUT2D eigenvalue weighted by Gasteiger charge is 2.47. The van der Waals surface area contributed by atoms with Crippen LogP contribution in [0.4, 0.5) is 0 Å². The van der Waals surface area contributed by atoms with E-state index in [1.54, 1.807) is 14.2 Å². The van der Waals surface area contributed by atoms with E-state index in [1.807, 2.05) is 0 Å². The van der Waals surface area contributed by atoms with Crippen LogP contribution < -0.4 is 14.8 Å². The van der Waals surface area contributed by atoms with Gasteiger partial charge in [-0.05, 0) is 42.5 Å². The molecule has 3 aliphatic rings. The molecule has 0 amide bonds. The number of nitrogens with zero attached hydrogens (tertiary/aromatic N) is 1. The molecule has 0 radical (unpaired) electrons. The average Bonchev–Trinajstić information content (AvgIpc) is 3.11. The fourth-order valence-electron chi connectivity index (χ4n) is 4.26. The molecule has 5 heteroatoms. The highest BCUT2D eigenvalue weighted by molar-refractivity contribution is 5.48. The molecule has 2 fully saturated rings. The van der Waals surface area contributed by atoms with Crippen molar-refractivity contribution in [2.75, 3.05) is 47.0 Å². The van der Waals surface area contributed by atoms with Crippen LogP contribution in [0.5, 0.6) is 11.5 Å². The molecule has 1 aromatic carbocycles. The second kappa shape index (κ2) is 5.96. The molecule has 1 N–H and O–H groups in total. The molecule has 2 unspecified atom stereocenters. The lowest BCUT2D eigenvalue weighted by molar-refractivity contribution is -0.0292. The zero-order chi connectivity index (χ0) is 15.9. The summed E-state index contributed by atoms with van der Waals surface area (Å²) in [5.41, 5.74) is 2.83. The van der Waals surface area contributed by atoms with Gasteiger partial charge < -0.3 is 19.5 Å². The van der Waals surface area contributed by atoms with Crippen LogP contribution in [0.3, 0.4) is 0 Å². The lowest BCUT2D eigenvalue weighted by atomic mass is 10.0. The van der Waals surface area contributed by atoms with Gasteiger partial charge in [-0.25, -0.2) is 0 Å². The number of fused-ring (bicyclic) bond motifs is 3. The van der Waals surface area contributed by atoms with Crippen LogP contribution in [-0.2, 0) is 17.6 Å². The SMILES string of the molecule is COc1cc2c(cc1OC)CCN(CC13CNC(CO1)C3)CC2. The van der Waals surface area contributed by atoms with Crippen molar-refractivity contribution in [3.8, 4) is 11.5 Å². The Morgan fingerprint density at radius 1 is 1.17 bits per heavy atom. The van der Waals surface area contributed by atoms with E-state index in [0.29, 0.717) is 6.04 Å². The molecule has 2 atom stereocenters. The molecule has 4 rings (SSSR count). The monoisotopic (exact) mass is 318 g/mol. The van der Waals surface area contributed by atoms with Crippen LogP contribution in [0, 0.1) is 0 Å². The zero-order valence-electron chi connectivity index (χ0n) is 14.1. The Morgan fingerprint density at radius 3 is 2.26 bits per heavy atom. The van der Waals surface area contributed by atoms with Gasteiger partial charge in [0, 0.05) is 32.2 Å². The minimum Gasteiger partial charge on any atom is -0.493 e. The Hall–Kier alpha value is -1.30. The molecule has 0 spiro atoms. The van der Waals surface area contributed by atoms with Crippen molar-refractivity contribution < 1.29 is 14.2 Å². The Balaban J connectivity index is 1.48. The molecule has 3 heterocycles. The van der Waals surface area contributed by atoms with E-state index in [9.17, 15) is 0 Å². The fourth-order valence-corrected chi connectivity index (χ4v) is 4.26. The molecule has 1 aromatic rings. The summed E-state index contributed by atoms with van der Waals surface area (Å²) in [4.78, 5) is 2.56. The molecular weight excluding hydrogens is 292 g/mol. The van der Waals surface area contributed by atoms with Crippen LogP contribution in [0.1, 0.15) is 17.5 Å². The number of ether oxygens (including phenoxy) is 3. The first-order chi connectivity index (χ1) is 11.2. The predicted molar refractivity (Wildman–Crippen MR) is 88.5 cm³/mol. The van der Waals surface area contributed by atoms with E-state index in [-0.39, 0.29) is 5.60 Å². The second-order valence-corrected chi connectivity index (χ2v) is 7.03. The predicted octanol–water partition coefficient (Wildman–Crippen LogP) is 1.24. The summed E-state index contributed by atoms with van der Waals surface area (Å²) in [5.74, 6) is 1.67. The Morgan fingerprint density at radius 2 is 1.83 bits per heavy atom. The maximum atomic E-state index is 6.09. The number of hydrogen-bond acceptors (Lipinski definition) is 5. The Bertz CT molecular complexity index is 547. The zero-order valence-corrected chi connectivity index (χ0v) is 14.1. The standard InChI is InChI=1S/C18H26N2O3/c1-21-16-7-13-3-5-20(6-4-14(13)8-17(16)22-2)12-18-9-15(10-23-18)19-11-18/h7-8,15,19H,3-6,9-12H2,1-2H3. The van der Waals surface area contributed by atoms with Gasteiger partial charge in [-0.1, -0.05) is 0 Å². The molecule has 23 heavy (non-hydrogen) atoms. The first-order valence-corrected chi connectivity index (χ1v) is 8.55.